The Morgan fingerprint density at radius 2 is 1.86 bits per heavy atom. The van der Waals surface area contributed by atoms with Crippen LogP contribution in [0.1, 0.15) is 5.56 Å². The highest BCUT2D eigenvalue weighted by molar-refractivity contribution is 6.01. The smallest absolute Gasteiger partial charge is 0.269 e. The maximum Gasteiger partial charge on any atom is 0.269 e. The van der Waals surface area contributed by atoms with E-state index in [-0.39, 0.29) is 17.2 Å². The summed E-state index contributed by atoms with van der Waals surface area (Å²) in [5, 5.41) is 20.2. The first-order valence-corrected chi connectivity index (χ1v) is 9.06. The van der Waals surface area contributed by atoms with Gasteiger partial charge in [-0.2, -0.15) is 5.26 Å². The van der Waals surface area contributed by atoms with Crippen molar-refractivity contribution in [2.75, 3.05) is 38.2 Å². The van der Waals surface area contributed by atoms with Gasteiger partial charge < -0.3 is 14.5 Å². The van der Waals surface area contributed by atoms with Crippen LogP contribution in [0.15, 0.2) is 54.1 Å². The molecule has 0 unspecified atom stereocenters. The van der Waals surface area contributed by atoms with Gasteiger partial charge in [-0.15, -0.1) is 0 Å². The Labute approximate surface area is 168 Å². The Morgan fingerprint density at radius 1 is 1.17 bits per heavy atom. The molecular formula is C21H20N4O4. The summed E-state index contributed by atoms with van der Waals surface area (Å²) in [6.07, 6.45) is 1.56. The van der Waals surface area contributed by atoms with Crippen molar-refractivity contribution in [3.63, 3.8) is 0 Å². The van der Waals surface area contributed by atoms with Crippen molar-refractivity contribution in [3.05, 3.63) is 69.8 Å². The summed E-state index contributed by atoms with van der Waals surface area (Å²) in [6.45, 7) is 2.10. The number of nitro benzene ring substituents is 1. The molecule has 1 aliphatic heterocycles. The molecule has 2 aromatic carbocycles. The van der Waals surface area contributed by atoms with Crippen LogP contribution in [0, 0.1) is 21.4 Å². The molecule has 8 heteroatoms. The third-order valence-electron chi connectivity index (χ3n) is 4.75. The first-order chi connectivity index (χ1) is 14.0. The van der Waals surface area contributed by atoms with Gasteiger partial charge in [0.2, 0.25) is 0 Å². The minimum Gasteiger partial charge on any atom is -0.497 e. The molecule has 0 saturated carbocycles. The third-order valence-corrected chi connectivity index (χ3v) is 4.75. The van der Waals surface area contributed by atoms with Crippen molar-refractivity contribution in [3.8, 4) is 11.8 Å². The normalized spacial score (nSPS) is 14.3. The van der Waals surface area contributed by atoms with Crippen molar-refractivity contribution in [1.82, 2.24) is 4.90 Å². The van der Waals surface area contributed by atoms with Gasteiger partial charge in [-0.05, 0) is 35.9 Å². The van der Waals surface area contributed by atoms with E-state index in [4.69, 9.17) is 4.74 Å². The minimum absolute atomic E-state index is 0.0453. The van der Waals surface area contributed by atoms with E-state index in [0.717, 1.165) is 11.3 Å². The number of carbonyl (C=O) groups is 1. The first-order valence-electron chi connectivity index (χ1n) is 9.06. The van der Waals surface area contributed by atoms with E-state index in [0.29, 0.717) is 31.9 Å². The van der Waals surface area contributed by atoms with E-state index in [2.05, 4.69) is 4.90 Å². The topological polar surface area (TPSA) is 99.7 Å². The molecule has 0 N–H and O–H groups in total. The number of piperazine rings is 1. The van der Waals surface area contributed by atoms with Crippen molar-refractivity contribution in [2.24, 2.45) is 0 Å². The summed E-state index contributed by atoms with van der Waals surface area (Å²) >= 11 is 0. The zero-order valence-electron chi connectivity index (χ0n) is 15.9. The van der Waals surface area contributed by atoms with Crippen LogP contribution < -0.4 is 9.64 Å². The predicted molar refractivity (Wildman–Crippen MR) is 108 cm³/mol. The fraction of sp³-hybridized carbons (Fsp3) is 0.238. The zero-order chi connectivity index (χ0) is 20.8. The molecule has 8 nitrogen and oxygen atoms in total. The van der Waals surface area contributed by atoms with E-state index in [9.17, 15) is 20.2 Å². The van der Waals surface area contributed by atoms with Crippen LogP contribution >= 0.6 is 0 Å². The quantitative estimate of drug-likeness (QED) is 0.336. The van der Waals surface area contributed by atoms with Gasteiger partial charge in [-0.3, -0.25) is 14.9 Å². The second-order valence-electron chi connectivity index (χ2n) is 6.50. The van der Waals surface area contributed by atoms with Crippen molar-refractivity contribution in [2.45, 2.75) is 0 Å². The van der Waals surface area contributed by atoms with Gasteiger partial charge in [0.05, 0.1) is 12.0 Å². The van der Waals surface area contributed by atoms with E-state index in [1.807, 2.05) is 6.07 Å². The van der Waals surface area contributed by atoms with Crippen LogP contribution in [0.2, 0.25) is 0 Å². The standard InChI is InChI=1S/C21H20N4O4/c1-29-20-4-2-3-16(14-20)13-17(15-22)21(26)24-11-9-23(10-12-24)18-5-7-19(8-6-18)25(27)28/h2-8,13-14H,9-12H2,1H3/b17-13+. The lowest BCUT2D eigenvalue weighted by Gasteiger charge is -2.36. The van der Waals surface area contributed by atoms with E-state index in [1.54, 1.807) is 54.5 Å². The van der Waals surface area contributed by atoms with Crippen LogP contribution in [-0.4, -0.2) is 49.0 Å². The lowest BCUT2D eigenvalue weighted by molar-refractivity contribution is -0.384. The molecule has 1 heterocycles. The van der Waals surface area contributed by atoms with Crippen molar-refractivity contribution < 1.29 is 14.5 Å². The number of nitro groups is 1. The molecule has 0 radical (unpaired) electrons. The highest BCUT2D eigenvalue weighted by Crippen LogP contribution is 2.21. The number of non-ortho nitro benzene ring substituents is 1. The Morgan fingerprint density at radius 3 is 2.45 bits per heavy atom. The van der Waals surface area contributed by atoms with E-state index < -0.39 is 4.92 Å². The summed E-state index contributed by atoms with van der Waals surface area (Å²) in [7, 11) is 1.56. The molecule has 148 valence electrons. The Bertz CT molecular complexity index is 971. The molecule has 0 spiro atoms. The number of methoxy groups -OCH3 is 1. The number of benzene rings is 2. The average Bonchev–Trinajstić information content (AvgIpc) is 2.77. The van der Waals surface area contributed by atoms with Gasteiger partial charge in [-0.25, -0.2) is 0 Å². The van der Waals surface area contributed by atoms with Crippen LogP contribution in [0.5, 0.6) is 5.75 Å². The second kappa shape index (κ2) is 8.89. The van der Waals surface area contributed by atoms with E-state index in [1.165, 1.54) is 12.1 Å². The van der Waals surface area contributed by atoms with Gasteiger partial charge in [-0.1, -0.05) is 12.1 Å². The molecule has 1 aliphatic rings. The van der Waals surface area contributed by atoms with Crippen LogP contribution in [-0.2, 0) is 4.79 Å². The Balaban J connectivity index is 1.66. The monoisotopic (exact) mass is 392 g/mol. The average molecular weight is 392 g/mol. The fourth-order valence-corrected chi connectivity index (χ4v) is 3.16. The van der Waals surface area contributed by atoms with Gasteiger partial charge in [0, 0.05) is 44.0 Å². The number of nitriles is 1. The lowest BCUT2D eigenvalue weighted by Crippen LogP contribution is -2.49. The number of hydrogen-bond acceptors (Lipinski definition) is 6. The molecule has 0 aliphatic carbocycles. The van der Waals surface area contributed by atoms with Crippen molar-refractivity contribution in [1.29, 1.82) is 5.26 Å². The predicted octanol–water partition coefficient (Wildman–Crippen LogP) is 2.86. The summed E-state index contributed by atoms with van der Waals surface area (Å²) in [6, 6.07) is 15.5. The van der Waals surface area contributed by atoms with Gasteiger partial charge in [0.15, 0.2) is 0 Å². The number of nitrogens with zero attached hydrogens (tertiary/aromatic N) is 4. The van der Waals surface area contributed by atoms with Crippen LogP contribution in [0.4, 0.5) is 11.4 Å². The summed E-state index contributed by atoms with van der Waals surface area (Å²) in [5.74, 6) is 0.346. The highest BCUT2D eigenvalue weighted by atomic mass is 16.6. The number of carbonyl (C=O) groups excluding carboxylic acids is 1. The summed E-state index contributed by atoms with van der Waals surface area (Å²) < 4.78 is 5.17. The number of amides is 1. The largest absolute Gasteiger partial charge is 0.497 e. The van der Waals surface area contributed by atoms with Gasteiger partial charge >= 0.3 is 0 Å². The van der Waals surface area contributed by atoms with Gasteiger partial charge in [0.25, 0.3) is 11.6 Å². The van der Waals surface area contributed by atoms with Crippen molar-refractivity contribution >= 4 is 23.4 Å². The summed E-state index contributed by atoms with van der Waals surface area (Å²) in [4.78, 5) is 26.8. The second-order valence-corrected chi connectivity index (χ2v) is 6.50. The van der Waals surface area contributed by atoms with Gasteiger partial charge in [0.1, 0.15) is 17.4 Å². The summed E-state index contributed by atoms with van der Waals surface area (Å²) in [5.41, 5.74) is 1.71. The molecule has 1 fully saturated rings. The number of rotatable bonds is 5. The molecule has 1 saturated heterocycles. The van der Waals surface area contributed by atoms with E-state index >= 15 is 0 Å². The number of hydrogen-bond donors (Lipinski definition) is 0. The molecule has 0 aromatic heterocycles. The lowest BCUT2D eigenvalue weighted by atomic mass is 10.1. The maximum absolute atomic E-state index is 12.8. The molecule has 1 amide bonds. The maximum atomic E-state index is 12.8. The molecular weight excluding hydrogens is 372 g/mol. The Kier molecular flexibility index (Phi) is 6.09. The number of ether oxygens (including phenoxy) is 1. The number of anilines is 1. The van der Waals surface area contributed by atoms with Crippen LogP contribution in [0.3, 0.4) is 0 Å². The highest BCUT2D eigenvalue weighted by Gasteiger charge is 2.24. The molecule has 0 atom stereocenters. The first kappa shape index (κ1) is 19.9. The molecule has 3 rings (SSSR count). The molecule has 0 bridgehead atoms. The molecule has 2 aromatic rings. The SMILES string of the molecule is COc1cccc(/C=C(\C#N)C(=O)N2CCN(c3ccc([N+](=O)[O-])cc3)CC2)c1. The Hall–Kier alpha value is -3.86. The minimum atomic E-state index is -0.432. The molecule has 29 heavy (non-hydrogen) atoms. The fourth-order valence-electron chi connectivity index (χ4n) is 3.16. The third kappa shape index (κ3) is 4.71. The zero-order valence-corrected chi connectivity index (χ0v) is 15.9. The van der Waals surface area contributed by atoms with Crippen LogP contribution in [0.25, 0.3) is 6.08 Å².